The molecule has 1 N–H and O–H groups in total. The first-order chi connectivity index (χ1) is 6.68. The van der Waals surface area contributed by atoms with Crippen molar-refractivity contribution in [3.8, 4) is 0 Å². The standard InChI is InChI=1S/C11H22N2O.ClH/c1-8(2)13-6-4-5-10(13)11-12-9(3)7-14-11;/h8-12H,4-7H2,1-3H3;1H. The van der Waals surface area contributed by atoms with Crippen molar-refractivity contribution < 1.29 is 4.74 Å². The van der Waals surface area contributed by atoms with E-state index in [-0.39, 0.29) is 18.6 Å². The van der Waals surface area contributed by atoms with Crippen LogP contribution in [0, 0.1) is 0 Å². The van der Waals surface area contributed by atoms with Gasteiger partial charge in [-0.1, -0.05) is 0 Å². The van der Waals surface area contributed by atoms with Gasteiger partial charge in [0.15, 0.2) is 0 Å². The average molecular weight is 235 g/mol. The number of ether oxygens (including phenoxy) is 1. The predicted octanol–water partition coefficient (Wildman–Crippen LogP) is 1.62. The molecule has 0 aromatic carbocycles. The van der Waals surface area contributed by atoms with Gasteiger partial charge >= 0.3 is 0 Å². The Bertz CT molecular complexity index is 201. The number of hydrogen-bond acceptors (Lipinski definition) is 3. The maximum atomic E-state index is 5.78. The SMILES string of the molecule is CC1COC(C2CCCN2C(C)C)N1.Cl. The van der Waals surface area contributed by atoms with Gasteiger partial charge in [0.25, 0.3) is 0 Å². The van der Waals surface area contributed by atoms with Crippen molar-refractivity contribution in [1.82, 2.24) is 10.2 Å². The van der Waals surface area contributed by atoms with Gasteiger partial charge in [-0.2, -0.15) is 0 Å². The van der Waals surface area contributed by atoms with Gasteiger partial charge < -0.3 is 4.74 Å². The van der Waals surface area contributed by atoms with Crippen LogP contribution in [0.4, 0.5) is 0 Å². The first-order valence-electron chi connectivity index (χ1n) is 5.82. The van der Waals surface area contributed by atoms with E-state index in [1.54, 1.807) is 0 Å². The Hall–Kier alpha value is 0.170. The smallest absolute Gasteiger partial charge is 0.124 e. The Balaban J connectivity index is 0.00000112. The second-order valence-corrected chi connectivity index (χ2v) is 4.86. The molecular formula is C11H23ClN2O. The molecule has 0 bridgehead atoms. The van der Waals surface area contributed by atoms with E-state index in [4.69, 9.17) is 4.74 Å². The number of likely N-dealkylation sites (tertiary alicyclic amines) is 1. The third kappa shape index (κ3) is 2.84. The van der Waals surface area contributed by atoms with Crippen molar-refractivity contribution in [2.24, 2.45) is 0 Å². The van der Waals surface area contributed by atoms with Crippen molar-refractivity contribution >= 4 is 12.4 Å². The largest absolute Gasteiger partial charge is 0.360 e. The van der Waals surface area contributed by atoms with E-state index in [0.29, 0.717) is 18.1 Å². The minimum absolute atomic E-state index is 0. The molecule has 4 heteroatoms. The Morgan fingerprint density at radius 1 is 1.40 bits per heavy atom. The van der Waals surface area contributed by atoms with Gasteiger partial charge in [-0.15, -0.1) is 12.4 Å². The van der Waals surface area contributed by atoms with Gasteiger partial charge in [0.05, 0.1) is 6.61 Å². The number of rotatable bonds is 2. The van der Waals surface area contributed by atoms with E-state index >= 15 is 0 Å². The van der Waals surface area contributed by atoms with Gasteiger partial charge in [0, 0.05) is 18.1 Å². The molecule has 3 atom stereocenters. The molecule has 0 aromatic heterocycles. The van der Waals surface area contributed by atoms with Gasteiger partial charge in [-0.05, 0) is 40.2 Å². The van der Waals surface area contributed by atoms with Crippen molar-refractivity contribution in [1.29, 1.82) is 0 Å². The number of halogens is 1. The molecule has 2 rings (SSSR count). The van der Waals surface area contributed by atoms with Gasteiger partial charge in [0.1, 0.15) is 6.23 Å². The molecule has 2 aliphatic heterocycles. The quantitative estimate of drug-likeness (QED) is 0.786. The second kappa shape index (κ2) is 5.48. The van der Waals surface area contributed by atoms with Crippen molar-refractivity contribution in [3.05, 3.63) is 0 Å². The fourth-order valence-electron chi connectivity index (χ4n) is 2.63. The van der Waals surface area contributed by atoms with Crippen molar-refractivity contribution in [2.45, 2.75) is 58.0 Å². The second-order valence-electron chi connectivity index (χ2n) is 4.86. The van der Waals surface area contributed by atoms with Crippen LogP contribution >= 0.6 is 12.4 Å². The lowest BCUT2D eigenvalue weighted by Crippen LogP contribution is -2.48. The van der Waals surface area contributed by atoms with Crippen LogP contribution in [-0.4, -0.2) is 42.4 Å². The minimum atomic E-state index is 0. The topological polar surface area (TPSA) is 24.5 Å². The van der Waals surface area contributed by atoms with Gasteiger partial charge in [-0.25, -0.2) is 0 Å². The highest BCUT2D eigenvalue weighted by Crippen LogP contribution is 2.25. The Labute approximate surface area is 99.0 Å². The molecule has 2 saturated heterocycles. The predicted molar refractivity (Wildman–Crippen MR) is 64.4 cm³/mol. The lowest BCUT2D eigenvalue weighted by molar-refractivity contribution is 0.0212. The summed E-state index contributed by atoms with van der Waals surface area (Å²) in [6.07, 6.45) is 2.87. The monoisotopic (exact) mass is 234 g/mol. The molecule has 2 aliphatic rings. The number of hydrogen-bond donors (Lipinski definition) is 1. The molecule has 0 aliphatic carbocycles. The van der Waals surface area contributed by atoms with Crippen LogP contribution in [0.25, 0.3) is 0 Å². The normalized spacial score (nSPS) is 37.2. The first-order valence-corrected chi connectivity index (χ1v) is 5.82. The number of nitrogens with zero attached hydrogens (tertiary/aromatic N) is 1. The van der Waals surface area contributed by atoms with E-state index in [1.807, 2.05) is 0 Å². The third-order valence-electron chi connectivity index (χ3n) is 3.33. The highest BCUT2D eigenvalue weighted by Gasteiger charge is 2.36. The zero-order valence-electron chi connectivity index (χ0n) is 9.90. The third-order valence-corrected chi connectivity index (χ3v) is 3.33. The lowest BCUT2D eigenvalue weighted by atomic mass is 10.1. The zero-order valence-corrected chi connectivity index (χ0v) is 10.7. The van der Waals surface area contributed by atoms with Crippen LogP contribution in [0.2, 0.25) is 0 Å². The maximum absolute atomic E-state index is 5.78. The summed E-state index contributed by atoms with van der Waals surface area (Å²) < 4.78 is 5.78. The van der Waals surface area contributed by atoms with Crippen molar-refractivity contribution in [2.75, 3.05) is 13.2 Å². The Kier molecular flexibility index (Phi) is 4.84. The molecule has 3 unspecified atom stereocenters. The summed E-state index contributed by atoms with van der Waals surface area (Å²) in [5.74, 6) is 0. The van der Waals surface area contributed by atoms with E-state index < -0.39 is 0 Å². The molecule has 0 amide bonds. The Morgan fingerprint density at radius 2 is 2.13 bits per heavy atom. The minimum Gasteiger partial charge on any atom is -0.360 e. The summed E-state index contributed by atoms with van der Waals surface area (Å²) in [7, 11) is 0. The first kappa shape index (κ1) is 13.2. The van der Waals surface area contributed by atoms with E-state index in [1.165, 1.54) is 19.4 Å². The molecule has 0 spiro atoms. The summed E-state index contributed by atoms with van der Waals surface area (Å²) in [4.78, 5) is 2.57. The molecule has 2 fully saturated rings. The van der Waals surface area contributed by atoms with Crippen LogP contribution < -0.4 is 5.32 Å². The number of nitrogens with one attached hydrogen (secondary N) is 1. The summed E-state index contributed by atoms with van der Waals surface area (Å²) >= 11 is 0. The van der Waals surface area contributed by atoms with Crippen molar-refractivity contribution in [3.63, 3.8) is 0 Å². The summed E-state index contributed by atoms with van der Waals surface area (Å²) in [5.41, 5.74) is 0. The van der Waals surface area contributed by atoms with Gasteiger partial charge in [-0.3, -0.25) is 10.2 Å². The van der Waals surface area contributed by atoms with E-state index in [0.717, 1.165) is 6.61 Å². The summed E-state index contributed by atoms with van der Waals surface area (Å²) in [6.45, 7) is 8.84. The molecule has 2 heterocycles. The van der Waals surface area contributed by atoms with Crippen LogP contribution in [0.5, 0.6) is 0 Å². The average Bonchev–Trinajstić information content (AvgIpc) is 2.70. The molecular weight excluding hydrogens is 212 g/mol. The summed E-state index contributed by atoms with van der Waals surface area (Å²) in [6, 6.07) is 1.76. The Morgan fingerprint density at radius 3 is 2.67 bits per heavy atom. The van der Waals surface area contributed by atoms with E-state index in [9.17, 15) is 0 Å². The van der Waals surface area contributed by atoms with Crippen LogP contribution in [0.1, 0.15) is 33.6 Å². The fourth-order valence-corrected chi connectivity index (χ4v) is 2.63. The molecule has 0 radical (unpaired) electrons. The molecule has 0 aromatic rings. The highest BCUT2D eigenvalue weighted by molar-refractivity contribution is 5.85. The lowest BCUT2D eigenvalue weighted by Gasteiger charge is -2.31. The maximum Gasteiger partial charge on any atom is 0.124 e. The molecule has 3 nitrogen and oxygen atoms in total. The molecule has 90 valence electrons. The van der Waals surface area contributed by atoms with Gasteiger partial charge in [0.2, 0.25) is 0 Å². The summed E-state index contributed by atoms with van der Waals surface area (Å²) in [5, 5.41) is 3.52. The van der Waals surface area contributed by atoms with Crippen LogP contribution in [0.15, 0.2) is 0 Å². The molecule has 0 saturated carbocycles. The molecule has 15 heavy (non-hydrogen) atoms. The fraction of sp³-hybridized carbons (Fsp3) is 1.00. The van der Waals surface area contributed by atoms with Crippen LogP contribution in [0.3, 0.4) is 0 Å². The van der Waals surface area contributed by atoms with E-state index in [2.05, 4.69) is 31.0 Å². The van der Waals surface area contributed by atoms with Crippen LogP contribution in [-0.2, 0) is 4.74 Å². The zero-order chi connectivity index (χ0) is 10.1. The highest BCUT2D eigenvalue weighted by atomic mass is 35.5.